The number of aromatic nitrogens is 1. The molecule has 0 aliphatic carbocycles. The van der Waals surface area contributed by atoms with Crippen LogP contribution in [0.3, 0.4) is 0 Å². The zero-order valence-electron chi connectivity index (χ0n) is 18.9. The standard InChI is InChI=1S/C23H26F4N4O3/c1-15(2)7-8-28-22(33)34-20-6-4-17(14-29-20)30-9-11-31(12-10-30)21(32)18-5-3-16(24)13-19(18)23(25,26)27/h3-6,13-15H,7-12H2,1-2H3,(H,28,33). The van der Waals surface area contributed by atoms with E-state index >= 15 is 0 Å². The maximum atomic E-state index is 13.3. The summed E-state index contributed by atoms with van der Waals surface area (Å²) in [7, 11) is 0. The number of benzene rings is 1. The molecule has 1 aromatic heterocycles. The number of hydrogen-bond donors (Lipinski definition) is 1. The van der Waals surface area contributed by atoms with Crippen molar-refractivity contribution in [1.29, 1.82) is 0 Å². The van der Waals surface area contributed by atoms with Gasteiger partial charge in [0.05, 0.1) is 23.0 Å². The predicted octanol–water partition coefficient (Wildman–Crippen LogP) is 4.34. The van der Waals surface area contributed by atoms with Gasteiger partial charge in [-0.05, 0) is 36.6 Å². The number of carbonyl (C=O) groups excluding carboxylic acids is 2. The highest BCUT2D eigenvalue weighted by Crippen LogP contribution is 2.33. The predicted molar refractivity (Wildman–Crippen MR) is 117 cm³/mol. The molecule has 2 aromatic rings. The lowest BCUT2D eigenvalue weighted by Gasteiger charge is -2.36. The first-order valence-electron chi connectivity index (χ1n) is 10.9. The summed E-state index contributed by atoms with van der Waals surface area (Å²) in [5, 5.41) is 2.65. The van der Waals surface area contributed by atoms with Crippen molar-refractivity contribution in [1.82, 2.24) is 15.2 Å². The van der Waals surface area contributed by atoms with E-state index in [0.29, 0.717) is 31.6 Å². The molecule has 2 amide bonds. The van der Waals surface area contributed by atoms with Crippen molar-refractivity contribution in [2.45, 2.75) is 26.4 Å². The number of nitrogens with zero attached hydrogens (tertiary/aromatic N) is 3. The molecule has 1 aliphatic rings. The molecule has 0 atom stereocenters. The highest BCUT2D eigenvalue weighted by atomic mass is 19.4. The number of pyridine rings is 1. The van der Waals surface area contributed by atoms with Crippen LogP contribution in [0.15, 0.2) is 36.5 Å². The number of ether oxygens (including phenoxy) is 1. The van der Waals surface area contributed by atoms with Crippen molar-refractivity contribution in [3.8, 4) is 5.88 Å². The van der Waals surface area contributed by atoms with Crippen LogP contribution in [0.1, 0.15) is 36.2 Å². The normalized spacial score (nSPS) is 14.3. The summed E-state index contributed by atoms with van der Waals surface area (Å²) in [6, 6.07) is 5.31. The van der Waals surface area contributed by atoms with Crippen molar-refractivity contribution in [2.75, 3.05) is 37.6 Å². The smallest absolute Gasteiger partial charge is 0.391 e. The summed E-state index contributed by atoms with van der Waals surface area (Å²) in [5.41, 5.74) is -1.14. The molecular formula is C23H26F4N4O3. The second kappa shape index (κ2) is 10.7. The molecule has 1 aromatic carbocycles. The average molecular weight is 482 g/mol. The van der Waals surface area contributed by atoms with Crippen LogP contribution in [-0.2, 0) is 6.18 Å². The zero-order valence-corrected chi connectivity index (χ0v) is 18.9. The lowest BCUT2D eigenvalue weighted by Crippen LogP contribution is -2.49. The summed E-state index contributed by atoms with van der Waals surface area (Å²) < 4.78 is 58.2. The Labute approximate surface area is 194 Å². The van der Waals surface area contributed by atoms with Gasteiger partial charge in [0, 0.05) is 38.8 Å². The monoisotopic (exact) mass is 482 g/mol. The van der Waals surface area contributed by atoms with Gasteiger partial charge in [-0.1, -0.05) is 13.8 Å². The first-order valence-corrected chi connectivity index (χ1v) is 10.9. The van der Waals surface area contributed by atoms with E-state index in [1.54, 1.807) is 12.1 Å². The molecule has 0 bridgehead atoms. The van der Waals surface area contributed by atoms with Gasteiger partial charge in [-0.15, -0.1) is 0 Å². The molecule has 0 saturated carbocycles. The molecule has 7 nitrogen and oxygen atoms in total. The third-order valence-electron chi connectivity index (χ3n) is 5.36. The van der Waals surface area contributed by atoms with E-state index in [1.165, 1.54) is 11.1 Å². The van der Waals surface area contributed by atoms with Crippen LogP contribution in [-0.4, -0.2) is 54.6 Å². The molecule has 1 saturated heterocycles. The second-order valence-corrected chi connectivity index (χ2v) is 8.32. The Bertz CT molecular complexity index is 1000. The molecular weight excluding hydrogens is 456 g/mol. The summed E-state index contributed by atoms with van der Waals surface area (Å²) >= 11 is 0. The van der Waals surface area contributed by atoms with Crippen molar-refractivity contribution in [3.63, 3.8) is 0 Å². The third kappa shape index (κ3) is 6.58. The Kier molecular flexibility index (Phi) is 7.95. The van der Waals surface area contributed by atoms with E-state index in [1.807, 2.05) is 18.7 Å². The molecule has 11 heteroatoms. The minimum Gasteiger partial charge on any atom is -0.391 e. The third-order valence-corrected chi connectivity index (χ3v) is 5.36. The first-order chi connectivity index (χ1) is 16.0. The molecule has 0 spiro atoms. The van der Waals surface area contributed by atoms with Crippen LogP contribution in [0.25, 0.3) is 0 Å². The van der Waals surface area contributed by atoms with Crippen molar-refractivity contribution in [3.05, 3.63) is 53.5 Å². The van der Waals surface area contributed by atoms with E-state index in [4.69, 9.17) is 4.74 Å². The number of halogens is 4. The molecule has 1 fully saturated rings. The summed E-state index contributed by atoms with van der Waals surface area (Å²) in [5.74, 6) is -1.26. The Morgan fingerprint density at radius 1 is 1.12 bits per heavy atom. The number of hydrogen-bond acceptors (Lipinski definition) is 5. The number of piperazine rings is 1. The number of nitrogens with one attached hydrogen (secondary N) is 1. The average Bonchev–Trinajstić information content (AvgIpc) is 2.78. The Hall–Kier alpha value is -3.37. The topological polar surface area (TPSA) is 74.8 Å². The first kappa shape index (κ1) is 25.3. The molecule has 184 valence electrons. The minimum atomic E-state index is -4.84. The molecule has 0 radical (unpaired) electrons. The van der Waals surface area contributed by atoms with Crippen LogP contribution < -0.4 is 15.0 Å². The zero-order chi connectivity index (χ0) is 24.9. The van der Waals surface area contributed by atoms with E-state index in [0.717, 1.165) is 24.2 Å². The van der Waals surface area contributed by atoms with Gasteiger partial charge in [0.1, 0.15) is 5.82 Å². The van der Waals surface area contributed by atoms with Gasteiger partial charge in [-0.2, -0.15) is 13.2 Å². The summed E-state index contributed by atoms with van der Waals surface area (Å²) in [6.45, 7) is 5.70. The van der Waals surface area contributed by atoms with Crippen LogP contribution in [0, 0.1) is 11.7 Å². The Morgan fingerprint density at radius 2 is 1.82 bits per heavy atom. The number of anilines is 1. The van der Waals surface area contributed by atoms with Crippen LogP contribution in [0.2, 0.25) is 0 Å². The number of amides is 2. The van der Waals surface area contributed by atoms with Crippen molar-refractivity contribution >= 4 is 17.7 Å². The lowest BCUT2D eigenvalue weighted by molar-refractivity contribution is -0.138. The second-order valence-electron chi connectivity index (χ2n) is 8.32. The number of carbonyl (C=O) groups is 2. The van der Waals surface area contributed by atoms with Gasteiger partial charge in [-0.25, -0.2) is 14.2 Å². The molecule has 1 aliphatic heterocycles. The minimum absolute atomic E-state index is 0.135. The fourth-order valence-corrected chi connectivity index (χ4v) is 3.49. The highest BCUT2D eigenvalue weighted by molar-refractivity contribution is 5.96. The maximum Gasteiger partial charge on any atom is 0.417 e. The van der Waals surface area contributed by atoms with E-state index in [-0.39, 0.29) is 19.0 Å². The van der Waals surface area contributed by atoms with Gasteiger partial charge in [0.2, 0.25) is 5.88 Å². The Balaban J connectivity index is 1.56. The Morgan fingerprint density at radius 3 is 2.41 bits per heavy atom. The fraction of sp³-hybridized carbons (Fsp3) is 0.435. The maximum absolute atomic E-state index is 13.3. The SMILES string of the molecule is CC(C)CCNC(=O)Oc1ccc(N2CCN(C(=O)c3ccc(F)cc3C(F)(F)F)CC2)cn1. The van der Waals surface area contributed by atoms with Crippen molar-refractivity contribution in [2.24, 2.45) is 5.92 Å². The van der Waals surface area contributed by atoms with Crippen LogP contribution >= 0.6 is 0 Å². The van der Waals surface area contributed by atoms with Gasteiger partial charge in [-0.3, -0.25) is 4.79 Å². The summed E-state index contributed by atoms with van der Waals surface area (Å²) in [6.07, 6.45) is -3.08. The lowest BCUT2D eigenvalue weighted by atomic mass is 10.0. The molecule has 0 unspecified atom stereocenters. The van der Waals surface area contributed by atoms with E-state index in [9.17, 15) is 27.2 Å². The number of rotatable bonds is 6. The van der Waals surface area contributed by atoms with Crippen molar-refractivity contribution < 1.29 is 31.9 Å². The van der Waals surface area contributed by atoms with Gasteiger partial charge < -0.3 is 19.9 Å². The summed E-state index contributed by atoms with van der Waals surface area (Å²) in [4.78, 5) is 31.8. The van der Waals surface area contributed by atoms with E-state index in [2.05, 4.69) is 10.3 Å². The van der Waals surface area contributed by atoms with Gasteiger partial charge in [0.15, 0.2) is 0 Å². The fourth-order valence-electron chi connectivity index (χ4n) is 3.49. The molecule has 1 N–H and O–H groups in total. The van der Waals surface area contributed by atoms with Crippen LogP contribution in [0.5, 0.6) is 5.88 Å². The quantitative estimate of drug-likeness (QED) is 0.621. The number of alkyl halides is 3. The van der Waals surface area contributed by atoms with E-state index < -0.39 is 35.1 Å². The van der Waals surface area contributed by atoms with Gasteiger partial charge in [0.25, 0.3) is 5.91 Å². The largest absolute Gasteiger partial charge is 0.417 e. The molecule has 34 heavy (non-hydrogen) atoms. The van der Waals surface area contributed by atoms with Crippen LogP contribution in [0.4, 0.5) is 28.0 Å². The van der Waals surface area contributed by atoms with Gasteiger partial charge >= 0.3 is 12.3 Å². The molecule has 2 heterocycles. The highest BCUT2D eigenvalue weighted by Gasteiger charge is 2.37. The molecule has 3 rings (SSSR count).